The highest BCUT2D eigenvalue weighted by molar-refractivity contribution is 6.31. The van der Waals surface area contributed by atoms with Crippen molar-refractivity contribution in [3.8, 4) is 6.07 Å². The van der Waals surface area contributed by atoms with Gasteiger partial charge in [-0.05, 0) is 25.0 Å². The van der Waals surface area contributed by atoms with Gasteiger partial charge in [-0.15, -0.1) is 0 Å². The van der Waals surface area contributed by atoms with Crippen molar-refractivity contribution in [1.82, 2.24) is 10.4 Å². The van der Waals surface area contributed by atoms with Crippen molar-refractivity contribution >= 4 is 23.3 Å². The van der Waals surface area contributed by atoms with Gasteiger partial charge in [0.15, 0.2) is 5.78 Å². The van der Waals surface area contributed by atoms with Gasteiger partial charge in [0, 0.05) is 35.2 Å². The number of hydrogen-bond donors (Lipinski definition) is 2. The molecule has 1 heterocycles. The summed E-state index contributed by atoms with van der Waals surface area (Å²) in [5.41, 5.74) is 9.39. The fraction of sp³-hybridized carbons (Fsp3) is 0.278. The lowest BCUT2D eigenvalue weighted by Crippen LogP contribution is -2.47. The first-order chi connectivity index (χ1) is 12.4. The number of halogens is 2. The van der Waals surface area contributed by atoms with Gasteiger partial charge >= 0.3 is 0 Å². The molecule has 1 unspecified atom stereocenters. The van der Waals surface area contributed by atoms with Crippen LogP contribution in [-0.2, 0) is 9.59 Å². The van der Waals surface area contributed by atoms with Crippen molar-refractivity contribution in [3.63, 3.8) is 0 Å². The second-order valence-electron chi connectivity index (χ2n) is 6.12. The molecule has 0 saturated heterocycles. The van der Waals surface area contributed by atoms with Crippen molar-refractivity contribution in [2.45, 2.75) is 32.1 Å². The third-order valence-corrected chi connectivity index (χ3v) is 4.80. The molecule has 8 heteroatoms. The van der Waals surface area contributed by atoms with Crippen LogP contribution in [0.15, 0.2) is 40.9 Å². The number of nitrogens with one attached hydrogen (secondary N) is 1. The van der Waals surface area contributed by atoms with Crippen LogP contribution in [-0.4, -0.2) is 16.7 Å². The summed E-state index contributed by atoms with van der Waals surface area (Å²) in [7, 11) is 0. The van der Waals surface area contributed by atoms with Crippen LogP contribution < -0.4 is 11.2 Å². The first-order valence-corrected chi connectivity index (χ1v) is 8.41. The summed E-state index contributed by atoms with van der Waals surface area (Å²) in [5.74, 6) is -2.29. The molecule has 0 spiro atoms. The number of Topliss-reactive ketones (excluding diaryl/α,β-unsaturated/α-hetero) is 1. The summed E-state index contributed by atoms with van der Waals surface area (Å²) in [5, 5.41) is 11.0. The van der Waals surface area contributed by atoms with Crippen LogP contribution in [0.3, 0.4) is 0 Å². The third kappa shape index (κ3) is 2.82. The highest BCUT2D eigenvalue weighted by Gasteiger charge is 2.42. The Balaban J connectivity index is 2.30. The van der Waals surface area contributed by atoms with E-state index in [1.54, 1.807) is 0 Å². The standard InChI is InChI=1S/C18H16ClFN4O2/c1-9(25)23-24-13-6-3-7-14(26)17(13)15(10(8-21)18(24)22)16-11(19)4-2-5-12(16)20/h2,4-5,15H,3,6-7,22H2,1H3,(H,23,25). The molecule has 1 aromatic rings. The second kappa shape index (κ2) is 6.81. The monoisotopic (exact) mass is 374 g/mol. The van der Waals surface area contributed by atoms with E-state index in [0.717, 1.165) is 0 Å². The topological polar surface area (TPSA) is 99.2 Å². The number of benzene rings is 1. The fourth-order valence-corrected chi connectivity index (χ4v) is 3.72. The van der Waals surface area contributed by atoms with E-state index < -0.39 is 17.6 Å². The van der Waals surface area contributed by atoms with Crippen LogP contribution in [0, 0.1) is 17.1 Å². The lowest BCUT2D eigenvalue weighted by atomic mass is 9.76. The number of amides is 1. The molecule has 1 aliphatic heterocycles. The first-order valence-electron chi connectivity index (χ1n) is 8.04. The molecule has 0 saturated carbocycles. The van der Waals surface area contributed by atoms with E-state index in [2.05, 4.69) is 5.43 Å². The van der Waals surface area contributed by atoms with Gasteiger partial charge in [-0.1, -0.05) is 17.7 Å². The molecule has 0 aromatic heterocycles. The average Bonchev–Trinajstić information content (AvgIpc) is 2.57. The maximum absolute atomic E-state index is 14.6. The van der Waals surface area contributed by atoms with Gasteiger partial charge < -0.3 is 5.73 Å². The predicted octanol–water partition coefficient (Wildman–Crippen LogP) is 2.63. The Morgan fingerprint density at radius 1 is 1.46 bits per heavy atom. The highest BCUT2D eigenvalue weighted by atomic mass is 35.5. The predicted molar refractivity (Wildman–Crippen MR) is 92.5 cm³/mol. The van der Waals surface area contributed by atoms with Gasteiger partial charge in [-0.3, -0.25) is 15.0 Å². The average molecular weight is 375 g/mol. The van der Waals surface area contributed by atoms with Crippen molar-refractivity contribution in [1.29, 1.82) is 5.26 Å². The van der Waals surface area contributed by atoms with Crippen molar-refractivity contribution in [2.24, 2.45) is 5.73 Å². The molecule has 1 amide bonds. The number of nitriles is 1. The van der Waals surface area contributed by atoms with Crippen LogP contribution in [0.4, 0.5) is 4.39 Å². The molecule has 0 fully saturated rings. The molecule has 3 N–H and O–H groups in total. The minimum absolute atomic E-state index is 0.0280. The Hall–Kier alpha value is -2.85. The Kier molecular flexibility index (Phi) is 4.70. The number of ketones is 1. The van der Waals surface area contributed by atoms with Crippen LogP contribution in [0.25, 0.3) is 0 Å². The molecular formula is C18H16ClFN4O2. The quantitative estimate of drug-likeness (QED) is 0.829. The zero-order chi connectivity index (χ0) is 19.0. The normalized spacial score (nSPS) is 20.0. The summed E-state index contributed by atoms with van der Waals surface area (Å²) in [6.07, 6.45) is 1.30. The number of hydrazine groups is 1. The minimum Gasteiger partial charge on any atom is -0.383 e. The van der Waals surface area contributed by atoms with E-state index in [4.69, 9.17) is 17.3 Å². The molecule has 26 heavy (non-hydrogen) atoms. The van der Waals surface area contributed by atoms with E-state index in [1.807, 2.05) is 6.07 Å². The van der Waals surface area contributed by atoms with E-state index in [-0.39, 0.29) is 39.8 Å². The molecule has 134 valence electrons. The largest absolute Gasteiger partial charge is 0.383 e. The smallest absolute Gasteiger partial charge is 0.235 e. The lowest BCUT2D eigenvalue weighted by Gasteiger charge is -2.39. The third-order valence-electron chi connectivity index (χ3n) is 4.47. The molecule has 0 bridgehead atoms. The molecule has 2 aliphatic rings. The van der Waals surface area contributed by atoms with E-state index in [1.165, 1.54) is 30.1 Å². The van der Waals surface area contributed by atoms with E-state index >= 15 is 0 Å². The molecule has 1 aromatic carbocycles. The maximum atomic E-state index is 14.6. The Morgan fingerprint density at radius 3 is 2.81 bits per heavy atom. The van der Waals surface area contributed by atoms with E-state index in [0.29, 0.717) is 18.5 Å². The van der Waals surface area contributed by atoms with Gasteiger partial charge in [-0.25, -0.2) is 9.40 Å². The molecule has 6 nitrogen and oxygen atoms in total. The molecular weight excluding hydrogens is 359 g/mol. The second-order valence-corrected chi connectivity index (χ2v) is 6.53. The summed E-state index contributed by atoms with van der Waals surface area (Å²) < 4.78 is 14.6. The van der Waals surface area contributed by atoms with Gasteiger partial charge in [0.25, 0.3) is 0 Å². The zero-order valence-corrected chi connectivity index (χ0v) is 14.7. The summed E-state index contributed by atoms with van der Waals surface area (Å²) >= 11 is 6.20. The van der Waals surface area contributed by atoms with Gasteiger partial charge in [0.2, 0.25) is 5.91 Å². The first kappa shape index (κ1) is 18.0. The van der Waals surface area contributed by atoms with Gasteiger partial charge in [0.1, 0.15) is 11.6 Å². The SMILES string of the molecule is CC(=O)NN1C(N)=C(C#N)C(c2c(F)cccc2Cl)C2=C1CCCC2=O. The molecule has 3 rings (SSSR count). The maximum Gasteiger partial charge on any atom is 0.235 e. The van der Waals surface area contributed by atoms with Crippen LogP contribution in [0.2, 0.25) is 5.02 Å². The number of rotatable bonds is 2. The summed E-state index contributed by atoms with van der Waals surface area (Å²) in [6, 6.07) is 6.13. The number of carbonyl (C=O) groups is 2. The Morgan fingerprint density at radius 2 is 2.19 bits per heavy atom. The van der Waals surface area contributed by atoms with Crippen LogP contribution in [0.1, 0.15) is 37.7 Å². The minimum atomic E-state index is -0.999. The number of hydrogen-bond acceptors (Lipinski definition) is 5. The number of carbonyl (C=O) groups excluding carboxylic acids is 2. The Bertz CT molecular complexity index is 896. The number of nitrogens with zero attached hydrogens (tertiary/aromatic N) is 2. The highest BCUT2D eigenvalue weighted by Crippen LogP contribution is 2.46. The van der Waals surface area contributed by atoms with E-state index in [9.17, 15) is 19.2 Å². The lowest BCUT2D eigenvalue weighted by molar-refractivity contribution is -0.123. The Labute approximate surface area is 154 Å². The van der Waals surface area contributed by atoms with Crippen molar-refractivity contribution in [2.75, 3.05) is 0 Å². The molecule has 1 atom stereocenters. The fourth-order valence-electron chi connectivity index (χ4n) is 3.45. The molecule has 1 aliphatic carbocycles. The van der Waals surface area contributed by atoms with Gasteiger partial charge in [-0.2, -0.15) is 5.26 Å². The summed E-state index contributed by atoms with van der Waals surface area (Å²) in [4.78, 5) is 24.3. The van der Waals surface area contributed by atoms with Crippen LogP contribution in [0.5, 0.6) is 0 Å². The number of nitrogens with two attached hydrogens (primary N) is 1. The van der Waals surface area contributed by atoms with Crippen molar-refractivity contribution in [3.05, 3.63) is 57.3 Å². The molecule has 0 radical (unpaired) electrons. The summed E-state index contributed by atoms with van der Waals surface area (Å²) in [6.45, 7) is 1.30. The number of allylic oxidation sites excluding steroid dienone is 3. The van der Waals surface area contributed by atoms with Crippen molar-refractivity contribution < 1.29 is 14.0 Å². The van der Waals surface area contributed by atoms with Gasteiger partial charge in [0.05, 0.1) is 17.6 Å². The zero-order valence-electron chi connectivity index (χ0n) is 14.0. The van der Waals surface area contributed by atoms with Crippen LogP contribution >= 0.6 is 11.6 Å².